The number of rotatable bonds is 10. The van der Waals surface area contributed by atoms with Gasteiger partial charge in [-0.25, -0.2) is 18.7 Å². The molecule has 184 valence electrons. The minimum atomic E-state index is -0.895. The van der Waals surface area contributed by atoms with Crippen LogP contribution in [0.4, 0.5) is 14.7 Å². The molecule has 10 heteroatoms. The van der Waals surface area contributed by atoms with Gasteiger partial charge in [-0.3, -0.25) is 0 Å². The normalized spacial score (nSPS) is 11.5. The average Bonchev–Trinajstić information content (AvgIpc) is 3.19. The number of nitrogens with one attached hydrogen (secondary N) is 1. The van der Waals surface area contributed by atoms with E-state index in [9.17, 15) is 8.78 Å². The zero-order chi connectivity index (χ0) is 24.9. The molecule has 0 amide bonds. The van der Waals surface area contributed by atoms with Crippen molar-refractivity contribution >= 4 is 40.3 Å². The summed E-state index contributed by atoms with van der Waals surface area (Å²) in [6, 6.07) is 9.11. The molecule has 2 aromatic carbocycles. The van der Waals surface area contributed by atoms with Crippen molar-refractivity contribution in [1.82, 2.24) is 24.4 Å². The monoisotopic (exact) mass is 518 g/mol. The number of fused-ring (bicyclic) bond motifs is 1. The summed E-state index contributed by atoms with van der Waals surface area (Å²) in [5.74, 6) is -0.801. The highest BCUT2D eigenvalue weighted by molar-refractivity contribution is 6.39. The molecule has 35 heavy (non-hydrogen) atoms. The highest BCUT2D eigenvalue weighted by Crippen LogP contribution is 2.35. The molecule has 6 nitrogen and oxygen atoms in total. The molecule has 0 aliphatic heterocycles. The first-order valence-corrected chi connectivity index (χ1v) is 12.2. The van der Waals surface area contributed by atoms with E-state index in [2.05, 4.69) is 34.0 Å². The second kappa shape index (κ2) is 11.3. The third-order valence-electron chi connectivity index (χ3n) is 5.86. The molecule has 0 aliphatic carbocycles. The van der Waals surface area contributed by atoms with Crippen LogP contribution in [0.25, 0.3) is 22.6 Å². The van der Waals surface area contributed by atoms with Crippen LogP contribution in [0.5, 0.6) is 0 Å². The van der Waals surface area contributed by atoms with Gasteiger partial charge in [-0.1, -0.05) is 49.2 Å². The SMILES string of the molecule is CCN(CC)CCCn1c(-c2c(Cl)cccc2Cl)nc2cnc(NCc3ccc(F)c(F)c3)nc21. The highest BCUT2D eigenvalue weighted by atomic mass is 35.5. The summed E-state index contributed by atoms with van der Waals surface area (Å²) in [7, 11) is 0. The van der Waals surface area contributed by atoms with E-state index in [0.717, 1.165) is 38.2 Å². The Morgan fingerprint density at radius 3 is 2.43 bits per heavy atom. The van der Waals surface area contributed by atoms with Crippen molar-refractivity contribution < 1.29 is 8.78 Å². The van der Waals surface area contributed by atoms with Gasteiger partial charge in [-0.2, -0.15) is 4.98 Å². The maximum atomic E-state index is 13.6. The van der Waals surface area contributed by atoms with Crippen LogP contribution in [-0.2, 0) is 13.1 Å². The minimum absolute atomic E-state index is 0.238. The molecular formula is C25H26Cl2F2N6. The number of benzene rings is 2. The number of halogens is 4. The first-order valence-electron chi connectivity index (χ1n) is 11.5. The largest absolute Gasteiger partial charge is 0.350 e. The van der Waals surface area contributed by atoms with E-state index in [0.29, 0.717) is 50.7 Å². The van der Waals surface area contributed by atoms with Crippen molar-refractivity contribution in [2.75, 3.05) is 25.0 Å². The van der Waals surface area contributed by atoms with E-state index < -0.39 is 11.6 Å². The van der Waals surface area contributed by atoms with Crippen molar-refractivity contribution in [2.24, 2.45) is 0 Å². The molecule has 0 radical (unpaired) electrons. The van der Waals surface area contributed by atoms with Gasteiger partial charge < -0.3 is 14.8 Å². The molecule has 2 heterocycles. The number of aromatic nitrogens is 4. The maximum Gasteiger partial charge on any atom is 0.225 e. The molecule has 0 saturated carbocycles. The Morgan fingerprint density at radius 2 is 1.74 bits per heavy atom. The maximum absolute atomic E-state index is 13.6. The van der Waals surface area contributed by atoms with Crippen LogP contribution >= 0.6 is 23.2 Å². The van der Waals surface area contributed by atoms with Gasteiger partial charge in [-0.15, -0.1) is 0 Å². The first-order chi connectivity index (χ1) is 16.9. The molecule has 4 rings (SSSR count). The number of hydrogen-bond acceptors (Lipinski definition) is 5. The van der Waals surface area contributed by atoms with Gasteiger partial charge in [-0.05, 0) is 55.9 Å². The Hall–Kier alpha value is -2.81. The molecule has 0 spiro atoms. The van der Waals surface area contributed by atoms with Gasteiger partial charge in [0.2, 0.25) is 5.95 Å². The van der Waals surface area contributed by atoms with Gasteiger partial charge in [0, 0.05) is 13.1 Å². The van der Waals surface area contributed by atoms with E-state index in [1.807, 2.05) is 4.57 Å². The zero-order valence-electron chi connectivity index (χ0n) is 19.5. The number of nitrogens with zero attached hydrogens (tertiary/aromatic N) is 5. The lowest BCUT2D eigenvalue weighted by molar-refractivity contribution is 0.294. The fourth-order valence-electron chi connectivity index (χ4n) is 3.94. The smallest absolute Gasteiger partial charge is 0.225 e. The summed E-state index contributed by atoms with van der Waals surface area (Å²) in [5, 5.41) is 4.08. The summed E-state index contributed by atoms with van der Waals surface area (Å²) < 4.78 is 28.8. The lowest BCUT2D eigenvalue weighted by atomic mass is 10.2. The molecule has 0 unspecified atom stereocenters. The molecule has 0 atom stereocenters. The molecule has 1 N–H and O–H groups in total. The number of aryl methyl sites for hydroxylation is 1. The predicted molar refractivity (Wildman–Crippen MR) is 137 cm³/mol. The van der Waals surface area contributed by atoms with Crippen molar-refractivity contribution in [3.05, 3.63) is 69.8 Å². The first kappa shape index (κ1) is 25.3. The van der Waals surface area contributed by atoms with Gasteiger partial charge in [0.25, 0.3) is 0 Å². The lowest BCUT2D eigenvalue weighted by Gasteiger charge is -2.18. The molecule has 0 aliphatic rings. The van der Waals surface area contributed by atoms with Crippen molar-refractivity contribution in [1.29, 1.82) is 0 Å². The van der Waals surface area contributed by atoms with Crippen LogP contribution in [0.15, 0.2) is 42.6 Å². The molecule has 2 aromatic heterocycles. The quantitative estimate of drug-likeness (QED) is 0.262. The van der Waals surface area contributed by atoms with E-state index in [1.165, 1.54) is 6.07 Å². The summed E-state index contributed by atoms with van der Waals surface area (Å²) in [4.78, 5) is 16.1. The fraction of sp³-hybridized carbons (Fsp3) is 0.320. The van der Waals surface area contributed by atoms with Crippen LogP contribution in [0.1, 0.15) is 25.8 Å². The van der Waals surface area contributed by atoms with Crippen molar-refractivity contribution in [3.63, 3.8) is 0 Å². The molecule has 0 saturated heterocycles. The summed E-state index contributed by atoms with van der Waals surface area (Å²) in [6.45, 7) is 8.06. The molecular weight excluding hydrogens is 493 g/mol. The van der Waals surface area contributed by atoms with E-state index in [1.54, 1.807) is 24.4 Å². The summed E-state index contributed by atoms with van der Waals surface area (Å²) >= 11 is 13.0. The minimum Gasteiger partial charge on any atom is -0.350 e. The standard InChI is InChI=1S/C25H26Cl2F2N6/c1-3-34(4-2)11-6-12-35-23-21(32-24(35)22-17(26)7-5-8-18(22)27)15-31-25(33-23)30-14-16-9-10-19(28)20(29)13-16/h5,7-10,13,15H,3-4,6,11-12,14H2,1-2H3,(H,30,31,33). The predicted octanol–water partition coefficient (Wildman–Crippen LogP) is 6.42. The van der Waals surface area contributed by atoms with Gasteiger partial charge in [0.05, 0.1) is 21.8 Å². The lowest BCUT2D eigenvalue weighted by Crippen LogP contribution is -2.25. The number of hydrogen-bond donors (Lipinski definition) is 1. The van der Waals surface area contributed by atoms with Crippen molar-refractivity contribution in [3.8, 4) is 11.4 Å². The van der Waals surface area contributed by atoms with Gasteiger partial charge in [0.1, 0.15) is 11.3 Å². The third kappa shape index (κ3) is 5.72. The van der Waals surface area contributed by atoms with Crippen LogP contribution < -0.4 is 5.32 Å². The Kier molecular flexibility index (Phi) is 8.15. The third-order valence-corrected chi connectivity index (χ3v) is 6.49. The zero-order valence-corrected chi connectivity index (χ0v) is 21.0. The fourth-order valence-corrected chi connectivity index (χ4v) is 4.51. The Morgan fingerprint density at radius 1 is 1.00 bits per heavy atom. The highest BCUT2D eigenvalue weighted by Gasteiger charge is 2.19. The van der Waals surface area contributed by atoms with E-state index >= 15 is 0 Å². The Labute approximate surface area is 212 Å². The van der Waals surface area contributed by atoms with Crippen LogP contribution in [0.2, 0.25) is 10.0 Å². The molecule has 4 aromatic rings. The van der Waals surface area contributed by atoms with Crippen molar-refractivity contribution in [2.45, 2.75) is 33.4 Å². The second-order valence-corrected chi connectivity index (χ2v) is 8.88. The van der Waals surface area contributed by atoms with Crippen LogP contribution in [-0.4, -0.2) is 44.1 Å². The molecule has 0 bridgehead atoms. The van der Waals surface area contributed by atoms with Gasteiger partial charge >= 0.3 is 0 Å². The van der Waals surface area contributed by atoms with Crippen LogP contribution in [0.3, 0.4) is 0 Å². The van der Waals surface area contributed by atoms with E-state index in [4.69, 9.17) is 28.2 Å². The summed E-state index contributed by atoms with van der Waals surface area (Å²) in [6.07, 6.45) is 2.51. The van der Waals surface area contributed by atoms with Crippen LogP contribution in [0, 0.1) is 11.6 Å². The second-order valence-electron chi connectivity index (χ2n) is 8.07. The summed E-state index contributed by atoms with van der Waals surface area (Å²) in [5.41, 5.74) is 2.47. The van der Waals surface area contributed by atoms with Gasteiger partial charge in [0.15, 0.2) is 17.3 Å². The Balaban J connectivity index is 1.68. The topological polar surface area (TPSA) is 58.9 Å². The average molecular weight is 519 g/mol. The Bertz CT molecular complexity index is 1300. The number of imidazole rings is 1. The molecule has 0 fully saturated rings. The number of anilines is 1. The van der Waals surface area contributed by atoms with E-state index in [-0.39, 0.29) is 6.54 Å².